The van der Waals surface area contributed by atoms with Crippen molar-refractivity contribution in [2.45, 2.75) is 26.3 Å². The first-order chi connectivity index (χ1) is 11.7. The molecule has 1 saturated heterocycles. The zero-order valence-corrected chi connectivity index (χ0v) is 15.2. The maximum absolute atomic E-state index is 11.6. The molecule has 1 aliphatic heterocycles. The van der Waals surface area contributed by atoms with E-state index in [9.17, 15) is 13.2 Å². The monoisotopic (exact) mass is 384 g/mol. The molecule has 9 nitrogen and oxygen atoms in total. The highest BCUT2D eigenvalue weighted by atomic mass is 35.5. The SMILES string of the molecule is Cc1cc(=O)[nH]c(N/N=C\c2c(C)nn([C@@H]3CCS(=O)(=O)C3)c2Cl)n1. The lowest BCUT2D eigenvalue weighted by Gasteiger charge is -2.09. The number of hydrazone groups is 1. The average Bonchev–Trinajstić information content (AvgIpc) is 2.99. The van der Waals surface area contributed by atoms with Crippen LogP contribution in [0.3, 0.4) is 0 Å². The smallest absolute Gasteiger partial charge is 0.252 e. The van der Waals surface area contributed by atoms with E-state index < -0.39 is 9.84 Å². The summed E-state index contributed by atoms with van der Waals surface area (Å²) in [7, 11) is -3.03. The molecule has 1 aliphatic rings. The minimum atomic E-state index is -3.03. The van der Waals surface area contributed by atoms with Crippen LogP contribution in [0.15, 0.2) is 16.0 Å². The third-order valence-corrected chi connectivity index (χ3v) is 5.99. The van der Waals surface area contributed by atoms with E-state index in [0.29, 0.717) is 28.5 Å². The van der Waals surface area contributed by atoms with Gasteiger partial charge in [0.05, 0.1) is 35.0 Å². The van der Waals surface area contributed by atoms with Crippen molar-refractivity contribution in [3.63, 3.8) is 0 Å². The van der Waals surface area contributed by atoms with E-state index >= 15 is 0 Å². The van der Waals surface area contributed by atoms with Gasteiger partial charge in [0.25, 0.3) is 5.56 Å². The second-order valence-corrected chi connectivity index (χ2v) is 8.48. The summed E-state index contributed by atoms with van der Waals surface area (Å²) >= 11 is 6.35. The van der Waals surface area contributed by atoms with Crippen LogP contribution >= 0.6 is 11.6 Å². The van der Waals surface area contributed by atoms with Crippen molar-refractivity contribution in [2.24, 2.45) is 5.10 Å². The van der Waals surface area contributed by atoms with Gasteiger partial charge in [0.1, 0.15) is 5.15 Å². The number of anilines is 1. The van der Waals surface area contributed by atoms with Crippen LogP contribution in [0.2, 0.25) is 5.15 Å². The van der Waals surface area contributed by atoms with Gasteiger partial charge in [0, 0.05) is 11.8 Å². The summed E-state index contributed by atoms with van der Waals surface area (Å²) in [6, 6.07) is 1.11. The molecule has 0 amide bonds. The molecular formula is C14H17ClN6O3S. The fourth-order valence-electron chi connectivity index (χ4n) is 2.68. The number of halogens is 1. The predicted molar refractivity (Wildman–Crippen MR) is 95.1 cm³/mol. The Balaban J connectivity index is 1.80. The normalized spacial score (nSPS) is 19.6. The van der Waals surface area contributed by atoms with Gasteiger partial charge in [-0.25, -0.2) is 23.5 Å². The van der Waals surface area contributed by atoms with Gasteiger partial charge in [-0.2, -0.15) is 10.2 Å². The number of aromatic nitrogens is 4. The molecule has 0 unspecified atom stereocenters. The maximum Gasteiger partial charge on any atom is 0.252 e. The lowest BCUT2D eigenvalue weighted by Crippen LogP contribution is -2.12. The van der Waals surface area contributed by atoms with Gasteiger partial charge in [-0.15, -0.1) is 0 Å². The number of aryl methyl sites for hydroxylation is 2. The Morgan fingerprint density at radius 3 is 2.88 bits per heavy atom. The minimum absolute atomic E-state index is 0.0388. The zero-order chi connectivity index (χ0) is 18.2. The van der Waals surface area contributed by atoms with Crippen molar-refractivity contribution in [3.8, 4) is 0 Å². The predicted octanol–water partition coefficient (Wildman–Crippen LogP) is 1.04. The third-order valence-electron chi connectivity index (χ3n) is 3.86. The van der Waals surface area contributed by atoms with Crippen molar-refractivity contribution < 1.29 is 8.42 Å². The molecule has 0 saturated carbocycles. The first-order valence-electron chi connectivity index (χ1n) is 7.57. The molecule has 0 aromatic carbocycles. The second-order valence-electron chi connectivity index (χ2n) is 5.90. The van der Waals surface area contributed by atoms with Crippen molar-refractivity contribution >= 4 is 33.6 Å². The van der Waals surface area contributed by atoms with Crippen molar-refractivity contribution in [2.75, 3.05) is 16.9 Å². The van der Waals surface area contributed by atoms with E-state index in [1.807, 2.05) is 0 Å². The summed E-state index contributed by atoms with van der Waals surface area (Å²) in [4.78, 5) is 18.0. The van der Waals surface area contributed by atoms with E-state index in [0.717, 1.165) is 0 Å². The lowest BCUT2D eigenvalue weighted by atomic mass is 10.2. The van der Waals surface area contributed by atoms with Gasteiger partial charge in [0.2, 0.25) is 5.95 Å². The second kappa shape index (κ2) is 6.60. The Bertz CT molecular complexity index is 994. The summed E-state index contributed by atoms with van der Waals surface area (Å²) in [5, 5.41) is 8.69. The molecule has 0 spiro atoms. The molecule has 3 rings (SSSR count). The van der Waals surface area contributed by atoms with E-state index in [1.165, 1.54) is 17.0 Å². The molecule has 3 heterocycles. The Morgan fingerprint density at radius 1 is 1.48 bits per heavy atom. The van der Waals surface area contributed by atoms with E-state index in [-0.39, 0.29) is 29.1 Å². The van der Waals surface area contributed by atoms with Gasteiger partial charge in [-0.3, -0.25) is 9.78 Å². The number of rotatable bonds is 4. The van der Waals surface area contributed by atoms with Crippen LogP contribution in [0.5, 0.6) is 0 Å². The van der Waals surface area contributed by atoms with Crippen molar-refractivity contribution in [1.82, 2.24) is 19.7 Å². The number of sulfone groups is 1. The Kier molecular flexibility index (Phi) is 4.65. The molecule has 0 bridgehead atoms. The standard InChI is InChI=1S/C14H17ClN6O3S/c1-8-5-12(22)18-14(17-8)19-16-6-11-9(2)20-21(13(11)15)10-3-4-25(23,24)7-10/h5-6,10H,3-4,7H2,1-2H3,(H2,17,18,19,22)/b16-6-/t10-/m1/s1. The van der Waals surface area contributed by atoms with Gasteiger partial charge in [0.15, 0.2) is 9.84 Å². The van der Waals surface area contributed by atoms with Crippen LogP contribution in [0.4, 0.5) is 5.95 Å². The van der Waals surface area contributed by atoms with Crippen LogP contribution in [-0.4, -0.2) is 45.9 Å². The number of H-pyrrole nitrogens is 1. The number of hydrogen-bond donors (Lipinski definition) is 2. The van der Waals surface area contributed by atoms with Crippen molar-refractivity contribution in [3.05, 3.63) is 38.5 Å². The zero-order valence-electron chi connectivity index (χ0n) is 13.7. The molecule has 11 heteroatoms. The quantitative estimate of drug-likeness (QED) is 0.600. The number of aromatic amines is 1. The number of nitrogens with one attached hydrogen (secondary N) is 2. The largest absolute Gasteiger partial charge is 0.291 e. The lowest BCUT2D eigenvalue weighted by molar-refractivity contribution is 0.497. The summed E-state index contributed by atoms with van der Waals surface area (Å²) in [6.07, 6.45) is 1.96. The van der Waals surface area contributed by atoms with E-state index in [4.69, 9.17) is 11.6 Å². The van der Waals surface area contributed by atoms with E-state index in [2.05, 4.69) is 25.6 Å². The van der Waals surface area contributed by atoms with E-state index in [1.54, 1.807) is 13.8 Å². The first kappa shape index (κ1) is 17.6. The molecule has 25 heavy (non-hydrogen) atoms. The first-order valence-corrected chi connectivity index (χ1v) is 9.77. The van der Waals surface area contributed by atoms with Crippen LogP contribution in [0.25, 0.3) is 0 Å². The van der Waals surface area contributed by atoms with Gasteiger partial charge >= 0.3 is 0 Å². The summed E-state index contributed by atoms with van der Waals surface area (Å²) in [5.41, 5.74) is 4.12. The third kappa shape index (κ3) is 3.90. The summed E-state index contributed by atoms with van der Waals surface area (Å²) < 4.78 is 24.8. The minimum Gasteiger partial charge on any atom is -0.291 e. The number of nitrogens with zero attached hydrogens (tertiary/aromatic N) is 4. The molecule has 0 radical (unpaired) electrons. The van der Waals surface area contributed by atoms with Crippen LogP contribution < -0.4 is 11.0 Å². The Hall–Kier alpha value is -2.20. The molecule has 1 fully saturated rings. The molecule has 2 aromatic heterocycles. The average molecular weight is 385 g/mol. The van der Waals surface area contributed by atoms with Gasteiger partial charge < -0.3 is 0 Å². The molecule has 0 aliphatic carbocycles. The number of hydrogen-bond acceptors (Lipinski definition) is 7. The highest BCUT2D eigenvalue weighted by molar-refractivity contribution is 7.91. The molecule has 2 aromatic rings. The molecule has 1 atom stereocenters. The van der Waals surface area contributed by atoms with Crippen LogP contribution in [-0.2, 0) is 9.84 Å². The summed E-state index contributed by atoms with van der Waals surface area (Å²) in [5.74, 6) is 0.394. The Morgan fingerprint density at radius 2 is 2.24 bits per heavy atom. The van der Waals surface area contributed by atoms with Crippen molar-refractivity contribution in [1.29, 1.82) is 0 Å². The molecular weight excluding hydrogens is 368 g/mol. The fourth-order valence-corrected chi connectivity index (χ4v) is 4.73. The highest BCUT2D eigenvalue weighted by Gasteiger charge is 2.31. The molecule has 2 N–H and O–H groups in total. The maximum atomic E-state index is 11.6. The van der Waals surface area contributed by atoms with Gasteiger partial charge in [-0.1, -0.05) is 11.6 Å². The molecule has 134 valence electrons. The Labute approximate surface area is 149 Å². The van der Waals surface area contributed by atoms with Gasteiger partial charge in [-0.05, 0) is 20.3 Å². The van der Waals surface area contributed by atoms with Crippen LogP contribution in [0.1, 0.15) is 29.4 Å². The van der Waals surface area contributed by atoms with Crippen LogP contribution in [0, 0.1) is 13.8 Å². The highest BCUT2D eigenvalue weighted by Crippen LogP contribution is 2.29. The topological polar surface area (TPSA) is 122 Å². The summed E-state index contributed by atoms with van der Waals surface area (Å²) in [6.45, 7) is 3.46. The fraction of sp³-hybridized carbons (Fsp3) is 0.429.